The molecule has 0 spiro atoms. The van der Waals surface area contributed by atoms with Crippen molar-refractivity contribution in [2.24, 2.45) is 5.16 Å². The first-order valence-electron chi connectivity index (χ1n) is 17.1. The Morgan fingerprint density at radius 2 is 1.51 bits per heavy atom. The molecule has 6 rings (SSSR count). The van der Waals surface area contributed by atoms with Crippen molar-refractivity contribution in [2.75, 3.05) is 19.8 Å². The molecule has 5 aromatic carbocycles. The lowest BCUT2D eigenvalue weighted by Crippen LogP contribution is -2.34. The van der Waals surface area contributed by atoms with Crippen molar-refractivity contribution in [1.82, 2.24) is 4.57 Å². The van der Waals surface area contributed by atoms with Crippen LogP contribution >= 0.6 is 0 Å². The maximum absolute atomic E-state index is 14.5. The van der Waals surface area contributed by atoms with Gasteiger partial charge in [-0.25, -0.2) is 13.6 Å². The van der Waals surface area contributed by atoms with Crippen molar-refractivity contribution in [3.63, 3.8) is 0 Å². The fraction of sp³-hybridized carbons (Fsp3) is 0.262. The number of benzene rings is 5. The summed E-state index contributed by atoms with van der Waals surface area (Å²) in [5, 5.41) is 7.22. The van der Waals surface area contributed by atoms with E-state index in [1.165, 1.54) is 18.2 Å². The quantitative estimate of drug-likeness (QED) is 0.0296. The number of nitrogens with zero attached hydrogens (tertiary/aromatic N) is 2. The molecule has 0 atom stereocenters. The Kier molecular flexibility index (Phi) is 10.7. The predicted molar refractivity (Wildman–Crippen MR) is 198 cm³/mol. The molecule has 7 nitrogen and oxygen atoms in total. The monoisotopic (exact) mass is 726 g/mol. The molecule has 0 amide bonds. The lowest BCUT2D eigenvalue weighted by Gasteiger charge is -2.18. The number of para-hydroxylation sites is 1. The van der Waals surface area contributed by atoms with Crippen molar-refractivity contribution in [3.05, 3.63) is 124 Å². The number of aryl methyl sites for hydroxylation is 3. The van der Waals surface area contributed by atoms with Gasteiger partial charge in [-0.3, -0.25) is 4.79 Å². The van der Waals surface area contributed by atoms with Crippen LogP contribution in [0.2, 0.25) is 0 Å². The van der Waals surface area contributed by atoms with E-state index in [2.05, 4.69) is 9.72 Å². The Labute approximate surface area is 303 Å². The maximum atomic E-state index is 14.5. The first-order chi connectivity index (χ1) is 25.3. The molecule has 0 fully saturated rings. The van der Waals surface area contributed by atoms with Gasteiger partial charge in [0.15, 0.2) is 12.4 Å². The number of ether oxygens (including phenoxy) is 2. The molecule has 0 aliphatic heterocycles. The second kappa shape index (κ2) is 15.2. The number of alkyl halides is 4. The highest BCUT2D eigenvalue weighted by atomic mass is 19.3. The second-order valence-corrected chi connectivity index (χ2v) is 12.9. The Bertz CT molecular complexity index is 2380. The second-order valence-electron chi connectivity index (χ2n) is 12.9. The number of aromatic nitrogens is 1. The van der Waals surface area contributed by atoms with E-state index in [1.54, 1.807) is 12.1 Å². The maximum Gasteiger partial charge on any atom is 0.340 e. The highest BCUT2D eigenvalue weighted by Gasteiger charge is 2.42. The minimum absolute atomic E-state index is 0.0382. The molecule has 53 heavy (non-hydrogen) atoms. The molecule has 0 saturated carbocycles. The summed E-state index contributed by atoms with van der Waals surface area (Å²) in [5.74, 6) is -5.43. The van der Waals surface area contributed by atoms with Crippen LogP contribution in [0.15, 0.2) is 90.1 Å². The Hall–Kier alpha value is -5.55. The number of carbonyl (C=O) groups is 2. The van der Waals surface area contributed by atoms with Crippen LogP contribution in [-0.4, -0.2) is 54.2 Å². The van der Waals surface area contributed by atoms with Crippen LogP contribution < -0.4 is 4.74 Å². The number of fused-ring (bicyclic) bond motifs is 5. The van der Waals surface area contributed by atoms with Crippen molar-refractivity contribution in [3.8, 4) is 5.75 Å². The molecule has 1 heterocycles. The Morgan fingerprint density at radius 1 is 0.830 bits per heavy atom. The summed E-state index contributed by atoms with van der Waals surface area (Å²) in [6.45, 7) is 8.77. The molecule has 274 valence electrons. The van der Waals surface area contributed by atoms with Crippen LogP contribution in [-0.2, 0) is 20.9 Å². The largest absolute Gasteiger partial charge is 0.486 e. The summed E-state index contributed by atoms with van der Waals surface area (Å²) in [6.07, 6.45) is -3.93. The molecule has 0 bridgehead atoms. The smallest absolute Gasteiger partial charge is 0.340 e. The molecule has 0 N–H and O–H groups in total. The van der Waals surface area contributed by atoms with E-state index in [1.807, 2.05) is 82.3 Å². The van der Waals surface area contributed by atoms with Gasteiger partial charge in [-0.15, -0.1) is 0 Å². The zero-order chi connectivity index (χ0) is 38.0. The van der Waals surface area contributed by atoms with E-state index in [-0.39, 0.29) is 22.8 Å². The molecule has 11 heteroatoms. The van der Waals surface area contributed by atoms with E-state index in [9.17, 15) is 27.2 Å². The number of hydrogen-bond acceptors (Lipinski definition) is 6. The normalized spacial score (nSPS) is 12.3. The molecule has 0 radical (unpaired) electrons. The van der Waals surface area contributed by atoms with Crippen LogP contribution in [0.25, 0.3) is 32.6 Å². The van der Waals surface area contributed by atoms with E-state index in [0.717, 1.165) is 56.2 Å². The van der Waals surface area contributed by atoms with E-state index in [4.69, 9.17) is 14.3 Å². The average Bonchev–Trinajstić information content (AvgIpc) is 3.43. The zero-order valence-corrected chi connectivity index (χ0v) is 29.9. The first kappa shape index (κ1) is 37.2. The number of halogens is 4. The van der Waals surface area contributed by atoms with Crippen LogP contribution in [0, 0.1) is 20.8 Å². The first-order valence-corrected chi connectivity index (χ1v) is 17.1. The lowest BCUT2D eigenvalue weighted by molar-refractivity contribution is -0.148. The summed E-state index contributed by atoms with van der Waals surface area (Å²) in [7, 11) is 0. The molecule has 6 aromatic rings. The van der Waals surface area contributed by atoms with Crippen LogP contribution in [0.1, 0.15) is 57.6 Å². The van der Waals surface area contributed by atoms with Crippen molar-refractivity contribution in [2.45, 2.75) is 53.5 Å². The highest BCUT2D eigenvalue weighted by Crippen LogP contribution is 2.39. The average molecular weight is 727 g/mol. The van der Waals surface area contributed by atoms with Gasteiger partial charge in [0.2, 0.25) is 0 Å². The summed E-state index contributed by atoms with van der Waals surface area (Å²) in [4.78, 5) is 31.6. The number of hydrogen-bond donors (Lipinski definition) is 0. The molecule has 0 aliphatic carbocycles. The summed E-state index contributed by atoms with van der Waals surface area (Å²) in [5.41, 5.74) is 6.21. The minimum Gasteiger partial charge on any atom is -0.486 e. The molecular weight excluding hydrogens is 688 g/mol. The molecule has 0 saturated heterocycles. The Morgan fingerprint density at radius 3 is 2.19 bits per heavy atom. The zero-order valence-electron chi connectivity index (χ0n) is 29.9. The van der Waals surface area contributed by atoms with Crippen molar-refractivity contribution in [1.29, 1.82) is 0 Å². The van der Waals surface area contributed by atoms with E-state index >= 15 is 0 Å². The van der Waals surface area contributed by atoms with E-state index in [0.29, 0.717) is 36.4 Å². The van der Waals surface area contributed by atoms with Crippen LogP contribution in [0.5, 0.6) is 5.75 Å². The van der Waals surface area contributed by atoms with Gasteiger partial charge in [-0.05, 0) is 74.5 Å². The van der Waals surface area contributed by atoms with Gasteiger partial charge >= 0.3 is 18.3 Å². The number of ketones is 1. The summed E-state index contributed by atoms with van der Waals surface area (Å²) >= 11 is 0. The third-order valence-electron chi connectivity index (χ3n) is 9.10. The summed E-state index contributed by atoms with van der Waals surface area (Å²) < 4.78 is 67.0. The lowest BCUT2D eigenvalue weighted by atomic mass is 9.89. The number of oxime groups is 1. The topological polar surface area (TPSA) is 79.1 Å². The third-order valence-corrected chi connectivity index (χ3v) is 9.10. The van der Waals surface area contributed by atoms with Gasteiger partial charge in [0.1, 0.15) is 11.5 Å². The molecular formula is C42H38F4N2O5. The van der Waals surface area contributed by atoms with Gasteiger partial charge in [0.05, 0.1) is 12.1 Å². The highest BCUT2D eigenvalue weighted by molar-refractivity contribution is 6.27. The summed E-state index contributed by atoms with van der Waals surface area (Å²) in [6, 6.07) is 25.0. The third kappa shape index (κ3) is 7.39. The molecule has 1 aromatic heterocycles. The van der Waals surface area contributed by atoms with Gasteiger partial charge < -0.3 is 18.9 Å². The SMILES string of the molecule is CCOCCn1c2ccc(C(=NOC(C)=O)c3ccccc3OCC(F)(F)C(F)F)cc2c2cc(C(=O)c3c(C)cc(C)cc3C)c3ccccc3c21. The fourth-order valence-corrected chi connectivity index (χ4v) is 6.90. The van der Waals surface area contributed by atoms with Crippen LogP contribution in [0.3, 0.4) is 0 Å². The van der Waals surface area contributed by atoms with Gasteiger partial charge in [-0.1, -0.05) is 65.3 Å². The minimum atomic E-state index is -4.41. The predicted octanol–water partition coefficient (Wildman–Crippen LogP) is 9.74. The van der Waals surface area contributed by atoms with Gasteiger partial charge in [0, 0.05) is 64.0 Å². The number of rotatable bonds is 13. The Balaban J connectivity index is 1.61. The molecule has 0 aliphatic rings. The molecule has 0 unspecified atom stereocenters. The standard InChI is InChI=1S/C42H38F4N2O5/c1-6-51-18-17-48-35-16-15-28(38(47-53-27(5)49)31-13-9-10-14-36(31)52-23-42(45,46)41(43)44)21-32(35)33-22-34(29-11-7-8-12-30(29)39(33)48)40(50)37-25(3)19-24(2)20-26(37)4/h7-16,19-22,41H,6,17-18,23H2,1-5H3. The van der Waals surface area contributed by atoms with E-state index < -0.39 is 24.9 Å². The van der Waals surface area contributed by atoms with Gasteiger partial charge in [0.25, 0.3) is 0 Å². The van der Waals surface area contributed by atoms with Crippen molar-refractivity contribution < 1.29 is 41.5 Å². The fourth-order valence-electron chi connectivity index (χ4n) is 6.90. The van der Waals surface area contributed by atoms with Crippen molar-refractivity contribution >= 4 is 50.0 Å². The van der Waals surface area contributed by atoms with Gasteiger partial charge in [-0.2, -0.15) is 8.78 Å². The van der Waals surface area contributed by atoms with Crippen LogP contribution in [0.4, 0.5) is 17.6 Å². The number of carbonyl (C=O) groups excluding carboxylic acids is 2.